The lowest BCUT2D eigenvalue weighted by Crippen LogP contribution is -2.24. The van der Waals surface area contributed by atoms with E-state index in [1.807, 2.05) is 12.1 Å². The minimum absolute atomic E-state index is 0.0988. The van der Waals surface area contributed by atoms with Crippen LogP contribution < -0.4 is 0 Å². The minimum atomic E-state index is -0.188. The Morgan fingerprint density at radius 2 is 1.38 bits per heavy atom. The fourth-order valence-corrected chi connectivity index (χ4v) is 3.22. The van der Waals surface area contributed by atoms with Gasteiger partial charge in [0.05, 0.1) is 0 Å². The van der Waals surface area contributed by atoms with Gasteiger partial charge in [0.15, 0.2) is 0 Å². The van der Waals surface area contributed by atoms with Gasteiger partial charge in [0.2, 0.25) is 0 Å². The maximum Gasteiger partial charge on any atom is 0.123 e. The summed E-state index contributed by atoms with van der Waals surface area (Å²) in [5.74, 6) is -0.188. The van der Waals surface area contributed by atoms with E-state index in [0.717, 1.165) is 17.5 Å². The lowest BCUT2D eigenvalue weighted by molar-refractivity contribution is 0.284. The predicted molar refractivity (Wildman–Crippen MR) is 88.9 cm³/mol. The van der Waals surface area contributed by atoms with Crippen LogP contribution >= 0.6 is 0 Å². The second kappa shape index (κ2) is 5.63. The van der Waals surface area contributed by atoms with Gasteiger partial charge in [-0.05, 0) is 46.1 Å². The van der Waals surface area contributed by atoms with Crippen LogP contribution in [0.2, 0.25) is 0 Å². The van der Waals surface area contributed by atoms with Crippen LogP contribution in [0.25, 0.3) is 11.1 Å². The van der Waals surface area contributed by atoms with Gasteiger partial charge in [-0.2, -0.15) is 0 Å². The van der Waals surface area contributed by atoms with Crippen molar-refractivity contribution < 1.29 is 4.39 Å². The van der Waals surface area contributed by atoms with Crippen molar-refractivity contribution in [3.05, 3.63) is 59.9 Å². The summed E-state index contributed by atoms with van der Waals surface area (Å²) in [5.41, 5.74) is 3.69. The molecule has 0 aliphatic heterocycles. The van der Waals surface area contributed by atoms with Gasteiger partial charge < -0.3 is 0 Å². The number of benzene rings is 2. The molecule has 0 atom stereocenters. The van der Waals surface area contributed by atoms with E-state index < -0.39 is 0 Å². The first-order valence-corrected chi connectivity index (χ1v) is 7.54. The van der Waals surface area contributed by atoms with Crippen molar-refractivity contribution in [3.63, 3.8) is 0 Å². The third-order valence-corrected chi connectivity index (χ3v) is 3.77. The summed E-state index contributed by atoms with van der Waals surface area (Å²) in [6.07, 6.45) is 1.10. The van der Waals surface area contributed by atoms with Crippen molar-refractivity contribution in [2.75, 3.05) is 0 Å². The molecule has 0 aliphatic rings. The van der Waals surface area contributed by atoms with E-state index in [1.165, 1.54) is 11.6 Å². The molecule has 0 bridgehead atoms. The predicted octanol–water partition coefficient (Wildman–Crippen LogP) is 6.21. The lowest BCUT2D eigenvalue weighted by Gasteiger charge is -2.33. The van der Waals surface area contributed by atoms with Gasteiger partial charge in [-0.1, -0.05) is 71.0 Å². The largest absolute Gasteiger partial charge is 0.207 e. The van der Waals surface area contributed by atoms with Gasteiger partial charge in [0.1, 0.15) is 5.82 Å². The molecule has 0 heterocycles. The Hall–Kier alpha value is -1.63. The molecule has 2 rings (SSSR count). The van der Waals surface area contributed by atoms with Crippen molar-refractivity contribution >= 4 is 0 Å². The van der Waals surface area contributed by atoms with Crippen LogP contribution in [0, 0.1) is 11.2 Å². The first-order valence-electron chi connectivity index (χ1n) is 7.54. The standard InChI is InChI=1S/C20H25F/c1-19(2,3)14-20(4,5)17-10-6-8-15(12-17)16-9-7-11-18(21)13-16/h6-13H,14H2,1-5H3. The maximum atomic E-state index is 13.4. The van der Waals surface area contributed by atoms with Gasteiger partial charge in [-0.25, -0.2) is 4.39 Å². The van der Waals surface area contributed by atoms with E-state index in [2.05, 4.69) is 52.8 Å². The van der Waals surface area contributed by atoms with Crippen LogP contribution in [0.4, 0.5) is 4.39 Å². The second-order valence-electron chi connectivity index (χ2n) is 7.71. The van der Waals surface area contributed by atoms with Crippen LogP contribution in [0.1, 0.15) is 46.6 Å². The van der Waals surface area contributed by atoms with Crippen molar-refractivity contribution in [1.82, 2.24) is 0 Å². The van der Waals surface area contributed by atoms with E-state index in [4.69, 9.17) is 0 Å². The summed E-state index contributed by atoms with van der Waals surface area (Å²) in [6, 6.07) is 15.3. The summed E-state index contributed by atoms with van der Waals surface area (Å²) in [5, 5.41) is 0. The molecule has 0 saturated carbocycles. The molecule has 0 amide bonds. The van der Waals surface area contributed by atoms with E-state index in [0.29, 0.717) is 0 Å². The summed E-state index contributed by atoms with van der Waals surface area (Å²) in [6.45, 7) is 11.4. The molecule has 0 radical (unpaired) electrons. The summed E-state index contributed by atoms with van der Waals surface area (Å²) in [4.78, 5) is 0. The third-order valence-electron chi connectivity index (χ3n) is 3.77. The van der Waals surface area contributed by atoms with E-state index in [1.54, 1.807) is 12.1 Å². The highest BCUT2D eigenvalue weighted by Crippen LogP contribution is 2.37. The number of hydrogen-bond donors (Lipinski definition) is 0. The lowest BCUT2D eigenvalue weighted by atomic mass is 9.72. The molecule has 0 fully saturated rings. The first-order chi connectivity index (χ1) is 9.67. The Labute approximate surface area is 128 Å². The quantitative estimate of drug-likeness (QED) is 0.629. The monoisotopic (exact) mass is 284 g/mol. The SMILES string of the molecule is CC(C)(C)CC(C)(C)c1cccc(-c2cccc(F)c2)c1. The summed E-state index contributed by atoms with van der Waals surface area (Å²) >= 11 is 0. The third kappa shape index (κ3) is 4.17. The number of hydrogen-bond acceptors (Lipinski definition) is 0. The molecule has 0 nitrogen and oxygen atoms in total. The first kappa shape index (κ1) is 15.8. The van der Waals surface area contributed by atoms with Crippen LogP contribution in [-0.4, -0.2) is 0 Å². The Bertz CT molecular complexity index is 618. The summed E-state index contributed by atoms with van der Waals surface area (Å²) in [7, 11) is 0. The Morgan fingerprint density at radius 3 is 1.95 bits per heavy atom. The van der Waals surface area contributed by atoms with E-state index >= 15 is 0 Å². The molecule has 2 aromatic carbocycles. The fourth-order valence-electron chi connectivity index (χ4n) is 3.22. The molecule has 0 aromatic heterocycles. The van der Waals surface area contributed by atoms with Crippen molar-refractivity contribution in [2.24, 2.45) is 5.41 Å². The normalized spacial score (nSPS) is 12.5. The van der Waals surface area contributed by atoms with Gasteiger partial charge in [0, 0.05) is 0 Å². The average Bonchev–Trinajstić information content (AvgIpc) is 2.36. The highest BCUT2D eigenvalue weighted by molar-refractivity contribution is 5.64. The molecule has 0 spiro atoms. The number of rotatable bonds is 3. The zero-order chi connectivity index (χ0) is 15.7. The molecule has 0 N–H and O–H groups in total. The Morgan fingerprint density at radius 1 is 0.810 bits per heavy atom. The molecule has 0 unspecified atom stereocenters. The average molecular weight is 284 g/mol. The molecule has 1 heteroatoms. The van der Waals surface area contributed by atoms with E-state index in [9.17, 15) is 4.39 Å². The Kier molecular flexibility index (Phi) is 4.22. The van der Waals surface area contributed by atoms with Crippen LogP contribution in [-0.2, 0) is 5.41 Å². The maximum absolute atomic E-state index is 13.4. The molecule has 2 aromatic rings. The molecule has 0 saturated heterocycles. The molecular formula is C20H25F. The topological polar surface area (TPSA) is 0 Å². The fraction of sp³-hybridized carbons (Fsp3) is 0.400. The zero-order valence-electron chi connectivity index (χ0n) is 13.7. The molecular weight excluding hydrogens is 259 g/mol. The van der Waals surface area contributed by atoms with Gasteiger partial charge >= 0.3 is 0 Å². The zero-order valence-corrected chi connectivity index (χ0v) is 13.7. The number of halogens is 1. The van der Waals surface area contributed by atoms with Crippen molar-refractivity contribution in [2.45, 2.75) is 46.5 Å². The van der Waals surface area contributed by atoms with Gasteiger partial charge in [-0.3, -0.25) is 0 Å². The van der Waals surface area contributed by atoms with Crippen LogP contribution in [0.3, 0.4) is 0 Å². The Balaban J connectivity index is 2.38. The van der Waals surface area contributed by atoms with Crippen LogP contribution in [0.5, 0.6) is 0 Å². The highest BCUT2D eigenvalue weighted by Gasteiger charge is 2.27. The van der Waals surface area contributed by atoms with Crippen molar-refractivity contribution in [3.8, 4) is 11.1 Å². The smallest absolute Gasteiger partial charge is 0.123 e. The summed E-state index contributed by atoms with van der Waals surface area (Å²) < 4.78 is 13.4. The van der Waals surface area contributed by atoms with Gasteiger partial charge in [-0.15, -0.1) is 0 Å². The van der Waals surface area contributed by atoms with Gasteiger partial charge in [0.25, 0.3) is 0 Å². The van der Waals surface area contributed by atoms with Crippen LogP contribution in [0.15, 0.2) is 48.5 Å². The second-order valence-corrected chi connectivity index (χ2v) is 7.71. The molecule has 21 heavy (non-hydrogen) atoms. The minimum Gasteiger partial charge on any atom is -0.207 e. The van der Waals surface area contributed by atoms with Crippen molar-refractivity contribution in [1.29, 1.82) is 0 Å². The van der Waals surface area contributed by atoms with E-state index in [-0.39, 0.29) is 16.6 Å². The molecule has 112 valence electrons. The highest BCUT2D eigenvalue weighted by atomic mass is 19.1. The molecule has 0 aliphatic carbocycles.